The van der Waals surface area contributed by atoms with E-state index in [1.165, 1.54) is 6.08 Å². The van der Waals surface area contributed by atoms with Gasteiger partial charge in [-0.25, -0.2) is 5.10 Å². The molecule has 4 aromatic rings. The summed E-state index contributed by atoms with van der Waals surface area (Å²) in [5.74, 6) is 0.158. The summed E-state index contributed by atoms with van der Waals surface area (Å²) < 4.78 is 0. The number of nitrogens with one attached hydrogen (secondary N) is 2. The Morgan fingerprint density at radius 2 is 1.89 bits per heavy atom. The Balaban J connectivity index is 1.55. The Bertz CT molecular complexity index is 1140. The molecule has 27 heavy (non-hydrogen) atoms. The van der Waals surface area contributed by atoms with Gasteiger partial charge in [0.2, 0.25) is 5.91 Å². The molecule has 0 aliphatic heterocycles. The lowest BCUT2D eigenvalue weighted by Crippen LogP contribution is -2.09. The fourth-order valence-electron chi connectivity index (χ4n) is 2.75. The van der Waals surface area contributed by atoms with Crippen molar-refractivity contribution in [2.75, 3.05) is 5.32 Å². The molecule has 0 saturated heterocycles. The minimum atomic E-state index is -0.265. The summed E-state index contributed by atoms with van der Waals surface area (Å²) in [6.07, 6.45) is 3.26. The fraction of sp³-hybridized carbons (Fsp3) is 0. The molecule has 3 aromatic carbocycles. The van der Waals surface area contributed by atoms with E-state index >= 15 is 0 Å². The van der Waals surface area contributed by atoms with Gasteiger partial charge in [-0.2, -0.15) is 0 Å². The second kappa shape index (κ2) is 7.39. The third kappa shape index (κ3) is 3.86. The molecule has 0 bridgehead atoms. The molecule has 0 fully saturated rings. The Kier molecular flexibility index (Phi) is 4.63. The van der Waals surface area contributed by atoms with Crippen LogP contribution in [0, 0.1) is 0 Å². The van der Waals surface area contributed by atoms with Crippen LogP contribution in [0.1, 0.15) is 5.56 Å². The number of aromatic nitrogens is 4. The number of tetrazole rings is 1. The van der Waals surface area contributed by atoms with E-state index < -0.39 is 0 Å². The molecular weight excluding hydrogens is 362 g/mol. The Morgan fingerprint density at radius 3 is 2.70 bits per heavy atom. The Labute approximate surface area is 159 Å². The zero-order valence-corrected chi connectivity index (χ0v) is 14.8. The second-order valence-electron chi connectivity index (χ2n) is 5.87. The van der Waals surface area contributed by atoms with Gasteiger partial charge in [0, 0.05) is 16.7 Å². The highest BCUT2D eigenvalue weighted by Gasteiger charge is 2.11. The van der Waals surface area contributed by atoms with Crippen molar-refractivity contribution in [3.8, 4) is 11.4 Å². The van der Waals surface area contributed by atoms with Crippen molar-refractivity contribution in [3.63, 3.8) is 0 Å². The molecule has 132 valence electrons. The van der Waals surface area contributed by atoms with E-state index in [-0.39, 0.29) is 5.91 Å². The summed E-state index contributed by atoms with van der Waals surface area (Å²) in [5.41, 5.74) is 2.12. The first kappa shape index (κ1) is 16.9. The molecule has 7 heteroatoms. The topological polar surface area (TPSA) is 83.6 Å². The quantitative estimate of drug-likeness (QED) is 0.520. The Morgan fingerprint density at radius 1 is 1.04 bits per heavy atom. The number of anilines is 1. The number of benzene rings is 3. The first-order valence-electron chi connectivity index (χ1n) is 8.20. The summed E-state index contributed by atoms with van der Waals surface area (Å²) in [7, 11) is 0. The summed E-state index contributed by atoms with van der Waals surface area (Å²) in [4.78, 5) is 12.4. The van der Waals surface area contributed by atoms with Gasteiger partial charge >= 0.3 is 0 Å². The van der Waals surface area contributed by atoms with E-state index in [0.29, 0.717) is 22.1 Å². The van der Waals surface area contributed by atoms with Crippen LogP contribution in [0.3, 0.4) is 0 Å². The zero-order chi connectivity index (χ0) is 18.6. The molecule has 0 saturated carbocycles. The maximum atomic E-state index is 12.4. The van der Waals surface area contributed by atoms with E-state index in [2.05, 4.69) is 32.0 Å². The molecule has 1 heterocycles. The molecule has 1 aromatic heterocycles. The lowest BCUT2D eigenvalue weighted by molar-refractivity contribution is -0.111. The normalized spacial score (nSPS) is 11.1. The molecule has 0 atom stereocenters. The number of amides is 1. The van der Waals surface area contributed by atoms with Crippen LogP contribution in [-0.4, -0.2) is 26.5 Å². The molecule has 0 radical (unpaired) electrons. The number of hydrogen-bond acceptors (Lipinski definition) is 4. The van der Waals surface area contributed by atoms with Crippen molar-refractivity contribution in [3.05, 3.63) is 77.3 Å². The third-order valence-electron chi connectivity index (χ3n) is 4.04. The summed E-state index contributed by atoms with van der Waals surface area (Å²) in [6.45, 7) is 0. The zero-order valence-electron chi connectivity index (χ0n) is 14.1. The van der Waals surface area contributed by atoms with Crippen molar-refractivity contribution in [1.29, 1.82) is 0 Å². The molecule has 0 spiro atoms. The maximum Gasteiger partial charge on any atom is 0.248 e. The molecule has 4 rings (SSSR count). The van der Waals surface area contributed by atoms with Crippen LogP contribution in [-0.2, 0) is 4.79 Å². The number of aromatic amines is 1. The number of carbonyl (C=O) groups excluding carboxylic acids is 1. The van der Waals surface area contributed by atoms with E-state index in [1.807, 2.05) is 36.4 Å². The standard InChI is InChI=1S/C20H14ClN5O/c21-16-8-9-18(17(12-16)20-23-25-26-24-20)22-19(27)10-6-13-5-7-14-3-1-2-4-15(14)11-13/h1-12H,(H,22,27)(H,23,24,25,26)/b10-6+. The number of carbonyl (C=O) groups is 1. The predicted octanol–water partition coefficient (Wildman–Crippen LogP) is 4.33. The van der Waals surface area contributed by atoms with E-state index in [4.69, 9.17) is 11.6 Å². The molecule has 0 aliphatic rings. The monoisotopic (exact) mass is 375 g/mol. The first-order chi connectivity index (χ1) is 13.2. The Hall–Kier alpha value is -3.51. The maximum absolute atomic E-state index is 12.4. The van der Waals surface area contributed by atoms with E-state index in [1.54, 1.807) is 24.3 Å². The number of halogens is 1. The number of nitrogens with zero attached hydrogens (tertiary/aromatic N) is 3. The molecule has 1 amide bonds. The van der Waals surface area contributed by atoms with Gasteiger partial charge in [0.1, 0.15) is 0 Å². The van der Waals surface area contributed by atoms with Crippen LogP contribution in [0.2, 0.25) is 5.02 Å². The van der Waals surface area contributed by atoms with Gasteiger partial charge in [-0.3, -0.25) is 4.79 Å². The first-order valence-corrected chi connectivity index (χ1v) is 8.58. The lowest BCUT2D eigenvalue weighted by Gasteiger charge is -2.08. The summed E-state index contributed by atoms with van der Waals surface area (Å²) in [5, 5.41) is 19.3. The highest BCUT2D eigenvalue weighted by Crippen LogP contribution is 2.28. The summed E-state index contributed by atoms with van der Waals surface area (Å²) >= 11 is 6.05. The van der Waals surface area contributed by atoms with Crippen LogP contribution >= 0.6 is 11.6 Å². The smallest absolute Gasteiger partial charge is 0.248 e. The predicted molar refractivity (Wildman–Crippen MR) is 106 cm³/mol. The van der Waals surface area contributed by atoms with Gasteiger partial charge in [-0.15, -0.1) is 5.10 Å². The number of H-pyrrole nitrogens is 1. The average Bonchev–Trinajstić information content (AvgIpc) is 3.22. The van der Waals surface area contributed by atoms with Crippen molar-refractivity contribution < 1.29 is 4.79 Å². The number of rotatable bonds is 4. The minimum Gasteiger partial charge on any atom is -0.322 e. The van der Waals surface area contributed by atoms with Gasteiger partial charge in [0.15, 0.2) is 5.82 Å². The molecule has 6 nitrogen and oxygen atoms in total. The summed E-state index contributed by atoms with van der Waals surface area (Å²) in [6, 6.07) is 19.2. The van der Waals surface area contributed by atoms with E-state index in [0.717, 1.165) is 16.3 Å². The van der Waals surface area contributed by atoms with Gasteiger partial charge in [-0.05, 0) is 57.1 Å². The van der Waals surface area contributed by atoms with Crippen LogP contribution in [0.4, 0.5) is 5.69 Å². The van der Waals surface area contributed by atoms with Crippen molar-refractivity contribution in [2.45, 2.75) is 0 Å². The number of hydrogen-bond donors (Lipinski definition) is 2. The largest absolute Gasteiger partial charge is 0.322 e. The SMILES string of the molecule is O=C(/C=C/c1ccc2ccccc2c1)Nc1ccc(Cl)cc1-c1nnn[nH]1. The van der Waals surface area contributed by atoms with Crippen LogP contribution in [0.15, 0.2) is 66.7 Å². The molecular formula is C20H14ClN5O. The van der Waals surface area contributed by atoms with Crippen molar-refractivity contribution in [2.24, 2.45) is 0 Å². The van der Waals surface area contributed by atoms with Crippen LogP contribution in [0.25, 0.3) is 28.2 Å². The van der Waals surface area contributed by atoms with Gasteiger partial charge < -0.3 is 5.32 Å². The third-order valence-corrected chi connectivity index (χ3v) is 4.28. The highest BCUT2D eigenvalue weighted by atomic mass is 35.5. The number of fused-ring (bicyclic) bond motifs is 1. The van der Waals surface area contributed by atoms with Crippen molar-refractivity contribution >= 4 is 40.0 Å². The van der Waals surface area contributed by atoms with Gasteiger partial charge in [0.05, 0.1) is 5.69 Å². The average molecular weight is 376 g/mol. The van der Waals surface area contributed by atoms with Crippen molar-refractivity contribution in [1.82, 2.24) is 20.6 Å². The molecule has 0 aliphatic carbocycles. The molecule has 2 N–H and O–H groups in total. The van der Waals surface area contributed by atoms with Gasteiger partial charge in [-0.1, -0.05) is 48.0 Å². The second-order valence-corrected chi connectivity index (χ2v) is 6.31. The highest BCUT2D eigenvalue weighted by molar-refractivity contribution is 6.31. The van der Waals surface area contributed by atoms with Crippen LogP contribution in [0.5, 0.6) is 0 Å². The fourth-order valence-corrected chi connectivity index (χ4v) is 2.92. The van der Waals surface area contributed by atoms with Crippen LogP contribution < -0.4 is 5.32 Å². The van der Waals surface area contributed by atoms with E-state index in [9.17, 15) is 4.79 Å². The van der Waals surface area contributed by atoms with Gasteiger partial charge in [0.25, 0.3) is 0 Å². The lowest BCUT2D eigenvalue weighted by atomic mass is 10.1. The molecule has 0 unspecified atom stereocenters. The minimum absolute atomic E-state index is 0.265.